The molecule has 20 heavy (non-hydrogen) atoms. The number of hydrogen-bond donors (Lipinski definition) is 1. The zero-order valence-corrected chi connectivity index (χ0v) is 12.8. The summed E-state index contributed by atoms with van der Waals surface area (Å²) in [6.45, 7) is 7.57. The first-order chi connectivity index (χ1) is 9.56. The highest BCUT2D eigenvalue weighted by Crippen LogP contribution is 2.40. The molecule has 5 nitrogen and oxygen atoms in total. The number of aromatic nitrogens is 2. The van der Waals surface area contributed by atoms with E-state index in [1.165, 1.54) is 12.8 Å². The van der Waals surface area contributed by atoms with Gasteiger partial charge in [0.25, 0.3) is 0 Å². The summed E-state index contributed by atoms with van der Waals surface area (Å²) in [5.41, 5.74) is 1.06. The van der Waals surface area contributed by atoms with E-state index in [-0.39, 0.29) is 5.92 Å². The van der Waals surface area contributed by atoms with Crippen LogP contribution < -0.4 is 10.2 Å². The van der Waals surface area contributed by atoms with E-state index in [2.05, 4.69) is 28.2 Å². The number of hydrogen-bond acceptors (Lipinski definition) is 5. The van der Waals surface area contributed by atoms with Crippen LogP contribution in [0.3, 0.4) is 0 Å². The summed E-state index contributed by atoms with van der Waals surface area (Å²) in [4.78, 5) is 11.4. The summed E-state index contributed by atoms with van der Waals surface area (Å²) in [5.74, 6) is 3.32. The van der Waals surface area contributed by atoms with Crippen molar-refractivity contribution < 1.29 is 0 Å². The van der Waals surface area contributed by atoms with E-state index in [9.17, 15) is 0 Å². The van der Waals surface area contributed by atoms with Crippen LogP contribution in [0, 0.1) is 24.2 Å². The van der Waals surface area contributed by atoms with E-state index < -0.39 is 0 Å². The van der Waals surface area contributed by atoms with Crippen molar-refractivity contribution in [3.63, 3.8) is 0 Å². The highest BCUT2D eigenvalue weighted by atomic mass is 15.2. The molecule has 0 spiro atoms. The van der Waals surface area contributed by atoms with Gasteiger partial charge in [-0.3, -0.25) is 0 Å². The Morgan fingerprint density at radius 1 is 1.45 bits per heavy atom. The molecule has 5 heteroatoms. The second-order valence-corrected chi connectivity index (χ2v) is 5.59. The number of anilines is 2. The van der Waals surface area contributed by atoms with E-state index in [0.717, 1.165) is 29.6 Å². The molecule has 1 heterocycles. The van der Waals surface area contributed by atoms with Crippen LogP contribution in [-0.2, 0) is 0 Å². The van der Waals surface area contributed by atoms with Gasteiger partial charge >= 0.3 is 0 Å². The molecule has 1 N–H and O–H groups in total. The van der Waals surface area contributed by atoms with Crippen molar-refractivity contribution >= 4 is 11.6 Å². The molecule has 0 aromatic carbocycles. The SMILES string of the molecule is CCNc1nc(C2CC2)nc(N(C)CC(C)C#N)c1C. The maximum Gasteiger partial charge on any atom is 0.137 e. The predicted octanol–water partition coefficient (Wildman–Crippen LogP) is 2.69. The minimum atomic E-state index is -0.0127. The highest BCUT2D eigenvalue weighted by Gasteiger charge is 2.28. The van der Waals surface area contributed by atoms with Gasteiger partial charge in [0, 0.05) is 31.6 Å². The monoisotopic (exact) mass is 273 g/mol. The molecule has 1 aliphatic rings. The predicted molar refractivity (Wildman–Crippen MR) is 81.0 cm³/mol. The van der Waals surface area contributed by atoms with Gasteiger partial charge in [0.05, 0.1) is 12.0 Å². The van der Waals surface area contributed by atoms with E-state index in [1.54, 1.807) is 0 Å². The Morgan fingerprint density at radius 3 is 2.70 bits per heavy atom. The van der Waals surface area contributed by atoms with Crippen molar-refractivity contribution in [3.8, 4) is 6.07 Å². The Balaban J connectivity index is 2.32. The van der Waals surface area contributed by atoms with Crippen LogP contribution in [0.25, 0.3) is 0 Å². The molecule has 0 bridgehead atoms. The normalized spacial score (nSPS) is 15.6. The first kappa shape index (κ1) is 14.6. The van der Waals surface area contributed by atoms with Crippen LogP contribution in [0.2, 0.25) is 0 Å². The van der Waals surface area contributed by atoms with Crippen molar-refractivity contribution in [2.75, 3.05) is 30.4 Å². The topological polar surface area (TPSA) is 64.8 Å². The van der Waals surface area contributed by atoms with E-state index in [1.807, 2.05) is 20.9 Å². The van der Waals surface area contributed by atoms with Crippen LogP contribution in [0.5, 0.6) is 0 Å². The van der Waals surface area contributed by atoms with Crippen LogP contribution in [0.1, 0.15) is 44.0 Å². The van der Waals surface area contributed by atoms with Gasteiger partial charge in [-0.2, -0.15) is 5.26 Å². The summed E-state index contributed by atoms with van der Waals surface area (Å²) in [6.07, 6.45) is 2.37. The standard InChI is InChI=1S/C15H23N5/c1-5-17-13-11(3)15(20(4)9-10(2)8-16)19-14(18-13)12-6-7-12/h10,12H,5-7,9H2,1-4H3,(H,17,18,19). The Hall–Kier alpha value is -1.83. The summed E-state index contributed by atoms with van der Waals surface area (Å²) < 4.78 is 0. The van der Waals surface area contributed by atoms with Crippen molar-refractivity contribution in [1.29, 1.82) is 5.26 Å². The summed E-state index contributed by atoms with van der Waals surface area (Å²) in [6, 6.07) is 2.27. The highest BCUT2D eigenvalue weighted by molar-refractivity contribution is 5.58. The molecule has 1 unspecified atom stereocenters. The molecule has 0 aliphatic heterocycles. The Bertz CT molecular complexity index is 516. The molecule has 0 radical (unpaired) electrons. The molecule has 108 valence electrons. The minimum absolute atomic E-state index is 0.0127. The first-order valence-corrected chi connectivity index (χ1v) is 7.30. The molecule has 0 saturated heterocycles. The van der Waals surface area contributed by atoms with Crippen molar-refractivity contribution in [3.05, 3.63) is 11.4 Å². The van der Waals surface area contributed by atoms with Crippen molar-refractivity contribution in [2.24, 2.45) is 5.92 Å². The summed E-state index contributed by atoms with van der Waals surface area (Å²) >= 11 is 0. The lowest BCUT2D eigenvalue weighted by molar-refractivity contribution is 0.704. The molecule has 0 amide bonds. The summed E-state index contributed by atoms with van der Waals surface area (Å²) in [7, 11) is 2.00. The Kier molecular flexibility index (Phi) is 4.43. The molecule has 1 atom stereocenters. The van der Waals surface area contributed by atoms with Gasteiger partial charge in [-0.05, 0) is 33.6 Å². The maximum absolute atomic E-state index is 8.97. The van der Waals surface area contributed by atoms with Crippen molar-refractivity contribution in [1.82, 2.24) is 9.97 Å². The van der Waals surface area contributed by atoms with E-state index >= 15 is 0 Å². The van der Waals surface area contributed by atoms with E-state index in [0.29, 0.717) is 12.5 Å². The van der Waals surface area contributed by atoms with Crippen molar-refractivity contribution in [2.45, 2.75) is 39.5 Å². The molecule has 1 fully saturated rings. The fourth-order valence-electron chi connectivity index (χ4n) is 2.30. The lowest BCUT2D eigenvalue weighted by Gasteiger charge is -2.23. The van der Waals surface area contributed by atoms with Crippen LogP contribution in [0.15, 0.2) is 0 Å². The third kappa shape index (κ3) is 3.19. The number of rotatable bonds is 6. The molecular formula is C15H23N5. The van der Waals surface area contributed by atoms with Crippen LogP contribution in [0.4, 0.5) is 11.6 Å². The van der Waals surface area contributed by atoms with E-state index in [4.69, 9.17) is 10.2 Å². The van der Waals surface area contributed by atoms with Gasteiger partial charge in [-0.25, -0.2) is 9.97 Å². The fraction of sp³-hybridized carbons (Fsp3) is 0.667. The van der Waals surface area contributed by atoms with Gasteiger partial charge < -0.3 is 10.2 Å². The lowest BCUT2D eigenvalue weighted by Crippen LogP contribution is -2.26. The molecule has 1 aliphatic carbocycles. The van der Waals surface area contributed by atoms with Crippen LogP contribution in [-0.4, -0.2) is 30.1 Å². The second-order valence-electron chi connectivity index (χ2n) is 5.59. The molecule has 1 saturated carbocycles. The summed E-state index contributed by atoms with van der Waals surface area (Å²) in [5, 5.41) is 12.3. The third-order valence-corrected chi connectivity index (χ3v) is 3.55. The zero-order valence-electron chi connectivity index (χ0n) is 12.8. The molecule has 1 aromatic heterocycles. The van der Waals surface area contributed by atoms with Gasteiger partial charge in [0.1, 0.15) is 17.5 Å². The minimum Gasteiger partial charge on any atom is -0.370 e. The Morgan fingerprint density at radius 2 is 2.15 bits per heavy atom. The number of nitrogens with zero attached hydrogens (tertiary/aromatic N) is 4. The average Bonchev–Trinajstić information content (AvgIpc) is 3.25. The van der Waals surface area contributed by atoms with Gasteiger partial charge in [0.15, 0.2) is 0 Å². The maximum atomic E-state index is 8.97. The third-order valence-electron chi connectivity index (χ3n) is 3.55. The zero-order chi connectivity index (χ0) is 14.7. The van der Waals surface area contributed by atoms with Gasteiger partial charge in [-0.1, -0.05) is 0 Å². The largest absolute Gasteiger partial charge is 0.370 e. The molecular weight excluding hydrogens is 250 g/mol. The smallest absolute Gasteiger partial charge is 0.137 e. The van der Waals surface area contributed by atoms with Gasteiger partial charge in [-0.15, -0.1) is 0 Å². The molecule has 2 rings (SSSR count). The van der Waals surface area contributed by atoms with Crippen LogP contribution >= 0.6 is 0 Å². The Labute approximate surface area is 121 Å². The lowest BCUT2D eigenvalue weighted by atomic mass is 10.2. The number of nitrogens with one attached hydrogen (secondary N) is 1. The molecule has 1 aromatic rings. The first-order valence-electron chi connectivity index (χ1n) is 7.30. The van der Waals surface area contributed by atoms with Gasteiger partial charge in [0.2, 0.25) is 0 Å². The fourth-order valence-corrected chi connectivity index (χ4v) is 2.30. The number of nitriles is 1. The second kappa shape index (κ2) is 6.08. The quantitative estimate of drug-likeness (QED) is 0.863. The average molecular weight is 273 g/mol.